The maximum atomic E-state index is 12.7. The van der Waals surface area contributed by atoms with Gasteiger partial charge in [0.15, 0.2) is 10.8 Å². The van der Waals surface area contributed by atoms with Crippen molar-refractivity contribution in [1.82, 2.24) is 15.6 Å². The third kappa shape index (κ3) is 2.73. The topological polar surface area (TPSA) is 84.2 Å². The van der Waals surface area contributed by atoms with Gasteiger partial charge in [-0.1, -0.05) is 13.8 Å². The molecule has 0 aromatic carbocycles. The standard InChI is InChI=1S/C17H21N3O3S/c1-4-17(5-2)9-18-15(22)13(17)20-14(21)12-10(3)24-16(19-12)11-7-6-8-23-11/h6-8,13H,4-5,9H2,1-3H3,(H,18,22)(H,20,21). The van der Waals surface area contributed by atoms with E-state index in [-0.39, 0.29) is 17.2 Å². The number of hydrogen-bond acceptors (Lipinski definition) is 5. The lowest BCUT2D eigenvalue weighted by Crippen LogP contribution is -2.49. The number of thiazole rings is 1. The summed E-state index contributed by atoms with van der Waals surface area (Å²) < 4.78 is 5.34. The summed E-state index contributed by atoms with van der Waals surface area (Å²) in [6.45, 7) is 6.54. The minimum Gasteiger partial charge on any atom is -0.462 e. The maximum absolute atomic E-state index is 12.7. The minimum absolute atomic E-state index is 0.119. The molecule has 3 rings (SSSR count). The molecule has 6 nitrogen and oxygen atoms in total. The van der Waals surface area contributed by atoms with Crippen molar-refractivity contribution in [3.8, 4) is 10.8 Å². The van der Waals surface area contributed by atoms with Crippen LogP contribution in [0.3, 0.4) is 0 Å². The molecule has 1 aliphatic rings. The van der Waals surface area contributed by atoms with Gasteiger partial charge in [0.2, 0.25) is 5.91 Å². The van der Waals surface area contributed by atoms with Crippen LogP contribution in [-0.2, 0) is 4.79 Å². The summed E-state index contributed by atoms with van der Waals surface area (Å²) in [4.78, 5) is 30.1. The Morgan fingerprint density at radius 3 is 2.88 bits per heavy atom. The van der Waals surface area contributed by atoms with Gasteiger partial charge in [-0.25, -0.2) is 4.98 Å². The summed E-state index contributed by atoms with van der Waals surface area (Å²) in [5.74, 6) is 0.207. The fraction of sp³-hybridized carbons (Fsp3) is 0.471. The van der Waals surface area contributed by atoms with Crippen molar-refractivity contribution in [3.05, 3.63) is 29.0 Å². The summed E-state index contributed by atoms with van der Waals surface area (Å²) in [5.41, 5.74) is 0.118. The monoisotopic (exact) mass is 347 g/mol. The Morgan fingerprint density at radius 2 is 2.25 bits per heavy atom. The average molecular weight is 347 g/mol. The first-order chi connectivity index (χ1) is 11.5. The smallest absolute Gasteiger partial charge is 0.271 e. The molecule has 1 fully saturated rings. The van der Waals surface area contributed by atoms with Crippen LogP contribution < -0.4 is 10.6 Å². The van der Waals surface area contributed by atoms with E-state index in [0.29, 0.717) is 23.0 Å². The third-order valence-corrected chi connectivity index (χ3v) is 5.90. The van der Waals surface area contributed by atoms with Crippen LogP contribution in [0.2, 0.25) is 0 Å². The van der Waals surface area contributed by atoms with E-state index in [2.05, 4.69) is 15.6 Å². The van der Waals surface area contributed by atoms with Gasteiger partial charge in [0.25, 0.3) is 5.91 Å². The van der Waals surface area contributed by atoms with Crippen LogP contribution in [0.4, 0.5) is 0 Å². The second-order valence-corrected chi connectivity index (χ2v) is 7.30. The van der Waals surface area contributed by atoms with E-state index in [1.807, 2.05) is 26.8 Å². The van der Waals surface area contributed by atoms with Gasteiger partial charge in [0, 0.05) is 16.8 Å². The van der Waals surface area contributed by atoms with Gasteiger partial charge in [0.05, 0.1) is 6.26 Å². The Kier molecular flexibility index (Phi) is 4.45. The number of aromatic nitrogens is 1. The molecule has 7 heteroatoms. The van der Waals surface area contributed by atoms with Gasteiger partial charge < -0.3 is 15.1 Å². The van der Waals surface area contributed by atoms with Gasteiger partial charge in [-0.05, 0) is 31.9 Å². The van der Waals surface area contributed by atoms with Crippen LogP contribution in [0.15, 0.2) is 22.8 Å². The van der Waals surface area contributed by atoms with E-state index in [1.165, 1.54) is 11.3 Å². The van der Waals surface area contributed by atoms with Crippen LogP contribution in [0, 0.1) is 12.3 Å². The number of amides is 2. The van der Waals surface area contributed by atoms with Crippen molar-refractivity contribution in [2.45, 2.75) is 39.7 Å². The molecule has 0 radical (unpaired) electrons. The van der Waals surface area contributed by atoms with Crippen molar-refractivity contribution in [1.29, 1.82) is 0 Å². The summed E-state index contributed by atoms with van der Waals surface area (Å²) in [7, 11) is 0. The fourth-order valence-corrected chi connectivity index (χ4v) is 4.06. The highest BCUT2D eigenvalue weighted by atomic mass is 32.1. The molecule has 24 heavy (non-hydrogen) atoms. The number of carbonyl (C=O) groups excluding carboxylic acids is 2. The molecule has 1 atom stereocenters. The third-order valence-electron chi connectivity index (χ3n) is 4.92. The first kappa shape index (κ1) is 16.7. The molecule has 2 aromatic rings. The highest BCUT2D eigenvalue weighted by molar-refractivity contribution is 7.15. The number of aryl methyl sites for hydroxylation is 1. The average Bonchev–Trinajstić information content (AvgIpc) is 3.28. The Morgan fingerprint density at radius 1 is 1.50 bits per heavy atom. The lowest BCUT2D eigenvalue weighted by atomic mass is 9.77. The Balaban J connectivity index is 1.84. The lowest BCUT2D eigenvalue weighted by Gasteiger charge is -2.31. The molecular weight excluding hydrogens is 326 g/mol. The second-order valence-electron chi connectivity index (χ2n) is 6.09. The quantitative estimate of drug-likeness (QED) is 0.871. The SMILES string of the molecule is CCC1(CC)CNC(=O)C1NC(=O)c1nc(-c2ccco2)sc1C. The van der Waals surface area contributed by atoms with Crippen LogP contribution in [0.25, 0.3) is 10.8 Å². The first-order valence-electron chi connectivity index (χ1n) is 8.10. The number of nitrogens with zero attached hydrogens (tertiary/aromatic N) is 1. The molecular formula is C17H21N3O3S. The molecule has 1 saturated heterocycles. The molecule has 2 aromatic heterocycles. The van der Waals surface area contributed by atoms with Crippen LogP contribution >= 0.6 is 11.3 Å². The highest BCUT2D eigenvalue weighted by Crippen LogP contribution is 2.34. The van der Waals surface area contributed by atoms with Crippen molar-refractivity contribution in [2.75, 3.05) is 6.54 Å². The van der Waals surface area contributed by atoms with Gasteiger partial charge >= 0.3 is 0 Å². The molecule has 0 aliphatic carbocycles. The number of hydrogen-bond donors (Lipinski definition) is 2. The lowest BCUT2D eigenvalue weighted by molar-refractivity contribution is -0.121. The summed E-state index contributed by atoms with van der Waals surface area (Å²) in [6, 6.07) is 3.07. The molecule has 3 heterocycles. The largest absolute Gasteiger partial charge is 0.462 e. The predicted octanol–water partition coefficient (Wildman–Crippen LogP) is 2.75. The van der Waals surface area contributed by atoms with E-state index in [1.54, 1.807) is 12.3 Å². The summed E-state index contributed by atoms with van der Waals surface area (Å²) in [5, 5.41) is 6.44. The van der Waals surface area contributed by atoms with Gasteiger partial charge in [-0.2, -0.15) is 0 Å². The van der Waals surface area contributed by atoms with Crippen molar-refractivity contribution in [3.63, 3.8) is 0 Å². The number of nitrogens with one attached hydrogen (secondary N) is 2. The normalized spacial score (nSPS) is 19.3. The minimum atomic E-state index is -0.520. The molecule has 0 spiro atoms. The Bertz CT molecular complexity index is 747. The Hall–Kier alpha value is -2.15. The number of carbonyl (C=O) groups is 2. The number of rotatable bonds is 5. The van der Waals surface area contributed by atoms with E-state index in [0.717, 1.165) is 17.7 Å². The van der Waals surface area contributed by atoms with Crippen molar-refractivity contribution in [2.24, 2.45) is 5.41 Å². The first-order valence-corrected chi connectivity index (χ1v) is 8.92. The molecule has 1 unspecified atom stereocenters. The Labute approximate surface area is 144 Å². The second kappa shape index (κ2) is 6.39. The van der Waals surface area contributed by atoms with Gasteiger partial charge in [-0.15, -0.1) is 11.3 Å². The zero-order valence-electron chi connectivity index (χ0n) is 14.0. The van der Waals surface area contributed by atoms with Crippen LogP contribution in [0.5, 0.6) is 0 Å². The maximum Gasteiger partial charge on any atom is 0.271 e. The molecule has 2 amide bonds. The van der Waals surface area contributed by atoms with Gasteiger partial charge in [0.1, 0.15) is 11.7 Å². The summed E-state index contributed by atoms with van der Waals surface area (Å²) >= 11 is 1.40. The zero-order valence-corrected chi connectivity index (χ0v) is 14.8. The summed E-state index contributed by atoms with van der Waals surface area (Å²) in [6.07, 6.45) is 3.22. The van der Waals surface area contributed by atoms with E-state index < -0.39 is 6.04 Å². The van der Waals surface area contributed by atoms with Crippen molar-refractivity contribution < 1.29 is 14.0 Å². The van der Waals surface area contributed by atoms with Crippen LogP contribution in [-0.4, -0.2) is 29.4 Å². The molecule has 0 saturated carbocycles. The number of furan rings is 1. The highest BCUT2D eigenvalue weighted by Gasteiger charge is 2.46. The molecule has 128 valence electrons. The van der Waals surface area contributed by atoms with E-state index in [4.69, 9.17) is 4.42 Å². The molecule has 2 N–H and O–H groups in total. The zero-order chi connectivity index (χ0) is 17.3. The van der Waals surface area contributed by atoms with Crippen LogP contribution in [0.1, 0.15) is 42.1 Å². The van der Waals surface area contributed by atoms with E-state index >= 15 is 0 Å². The van der Waals surface area contributed by atoms with Gasteiger partial charge in [-0.3, -0.25) is 9.59 Å². The fourth-order valence-electron chi connectivity index (χ4n) is 3.18. The molecule has 0 bridgehead atoms. The van der Waals surface area contributed by atoms with E-state index in [9.17, 15) is 9.59 Å². The predicted molar refractivity (Wildman–Crippen MR) is 91.8 cm³/mol. The van der Waals surface area contributed by atoms with Crippen molar-refractivity contribution >= 4 is 23.2 Å². The molecule has 1 aliphatic heterocycles.